The molecule has 0 amide bonds. The Morgan fingerprint density at radius 2 is 1.89 bits per heavy atom. The summed E-state index contributed by atoms with van der Waals surface area (Å²) in [4.78, 5) is 4.34. The van der Waals surface area contributed by atoms with Gasteiger partial charge in [-0.15, -0.1) is 11.3 Å². The average Bonchev–Trinajstić information content (AvgIpc) is 2.72. The molecule has 96 valence electrons. The first kappa shape index (κ1) is 13.8. The van der Waals surface area contributed by atoms with Crippen LogP contribution in [0.3, 0.4) is 0 Å². The summed E-state index contributed by atoms with van der Waals surface area (Å²) in [6.45, 7) is 7.48. The second-order valence-corrected chi connectivity index (χ2v) is 8.25. The van der Waals surface area contributed by atoms with Gasteiger partial charge in [-0.2, -0.15) is 0 Å². The number of hydrogen-bond acceptors (Lipinski definition) is 3. The van der Waals surface area contributed by atoms with Gasteiger partial charge in [0.1, 0.15) is 5.01 Å². The first-order valence-electron chi connectivity index (χ1n) is 5.90. The van der Waals surface area contributed by atoms with Crippen molar-refractivity contribution in [2.24, 2.45) is 0 Å². The van der Waals surface area contributed by atoms with Crippen molar-refractivity contribution in [2.45, 2.75) is 32.7 Å². The lowest BCUT2D eigenvalue weighted by Crippen LogP contribution is -2.10. The summed E-state index contributed by atoms with van der Waals surface area (Å²) in [7, 11) is 0. The summed E-state index contributed by atoms with van der Waals surface area (Å²) in [6.07, 6.45) is 1.91. The third-order valence-corrected chi connectivity index (χ3v) is 4.44. The first-order chi connectivity index (χ1) is 8.45. The summed E-state index contributed by atoms with van der Waals surface area (Å²) in [5.74, 6) is 0. The van der Waals surface area contributed by atoms with Gasteiger partial charge in [0.15, 0.2) is 0 Å². The molecule has 0 unspecified atom stereocenters. The minimum Gasteiger partial charge on any atom is -0.379 e. The van der Waals surface area contributed by atoms with Crippen LogP contribution in [0.25, 0.3) is 0 Å². The van der Waals surface area contributed by atoms with E-state index in [0.29, 0.717) is 0 Å². The van der Waals surface area contributed by atoms with Gasteiger partial charge >= 0.3 is 0 Å². The van der Waals surface area contributed by atoms with E-state index in [0.717, 1.165) is 17.2 Å². The Balaban J connectivity index is 1.98. The summed E-state index contributed by atoms with van der Waals surface area (Å²) in [6, 6.07) is 8.65. The second kappa shape index (κ2) is 5.57. The fraction of sp³-hybridized carbons (Fsp3) is 0.357. The van der Waals surface area contributed by atoms with Gasteiger partial charge < -0.3 is 5.32 Å². The van der Waals surface area contributed by atoms with Gasteiger partial charge in [-0.3, -0.25) is 0 Å². The largest absolute Gasteiger partial charge is 0.379 e. The number of rotatable bonds is 3. The maximum atomic E-state index is 4.34. The molecule has 0 radical (unpaired) electrons. The van der Waals surface area contributed by atoms with Crippen molar-refractivity contribution in [3.63, 3.8) is 0 Å². The lowest BCUT2D eigenvalue weighted by atomic mass is 9.87. The van der Waals surface area contributed by atoms with E-state index in [1.807, 2.05) is 6.20 Å². The van der Waals surface area contributed by atoms with Gasteiger partial charge in [0.05, 0.1) is 15.6 Å². The van der Waals surface area contributed by atoms with E-state index in [1.54, 1.807) is 11.3 Å². The zero-order chi connectivity index (χ0) is 13.2. The van der Waals surface area contributed by atoms with E-state index in [-0.39, 0.29) is 5.41 Å². The molecule has 0 spiro atoms. The topological polar surface area (TPSA) is 24.9 Å². The van der Waals surface area contributed by atoms with Crippen molar-refractivity contribution in [3.8, 4) is 0 Å². The standard InChI is InChI=1S/C14H17IN2S/c1-14(2,3)10-4-6-11(7-5-10)16-9-13-17-8-12(15)18-13/h4-8,16H,9H2,1-3H3. The zero-order valence-electron chi connectivity index (χ0n) is 10.8. The number of hydrogen-bond donors (Lipinski definition) is 1. The molecule has 1 aromatic carbocycles. The number of anilines is 1. The highest BCUT2D eigenvalue weighted by atomic mass is 127. The number of halogens is 1. The lowest BCUT2D eigenvalue weighted by Gasteiger charge is -2.19. The maximum absolute atomic E-state index is 4.34. The minimum atomic E-state index is 0.212. The fourth-order valence-corrected chi connectivity index (χ4v) is 3.12. The van der Waals surface area contributed by atoms with E-state index in [2.05, 4.69) is 77.9 Å². The predicted molar refractivity (Wildman–Crippen MR) is 87.3 cm³/mol. The summed E-state index contributed by atoms with van der Waals surface area (Å²) in [5.41, 5.74) is 2.72. The summed E-state index contributed by atoms with van der Waals surface area (Å²) < 4.78 is 1.23. The summed E-state index contributed by atoms with van der Waals surface area (Å²) >= 11 is 4.02. The van der Waals surface area contributed by atoms with Gasteiger partial charge in [-0.1, -0.05) is 32.9 Å². The highest BCUT2D eigenvalue weighted by Crippen LogP contribution is 2.24. The molecule has 1 heterocycles. The SMILES string of the molecule is CC(C)(C)c1ccc(NCc2ncc(I)s2)cc1. The molecular formula is C14H17IN2S. The van der Waals surface area contributed by atoms with Crippen LogP contribution in [0.2, 0.25) is 0 Å². The van der Waals surface area contributed by atoms with Crippen LogP contribution in [-0.4, -0.2) is 4.98 Å². The molecule has 2 aromatic rings. The Morgan fingerprint density at radius 3 is 2.39 bits per heavy atom. The minimum absolute atomic E-state index is 0.212. The second-order valence-electron chi connectivity index (χ2n) is 5.24. The van der Waals surface area contributed by atoms with Crippen LogP contribution in [0, 0.1) is 2.88 Å². The number of nitrogens with zero attached hydrogens (tertiary/aromatic N) is 1. The molecule has 0 aliphatic heterocycles. The lowest BCUT2D eigenvalue weighted by molar-refractivity contribution is 0.590. The molecule has 4 heteroatoms. The van der Waals surface area contributed by atoms with Crippen molar-refractivity contribution in [1.82, 2.24) is 4.98 Å². The van der Waals surface area contributed by atoms with Gasteiger partial charge in [-0.05, 0) is 45.7 Å². The molecule has 0 saturated heterocycles. The van der Waals surface area contributed by atoms with Crippen LogP contribution < -0.4 is 5.32 Å². The van der Waals surface area contributed by atoms with E-state index in [9.17, 15) is 0 Å². The molecule has 0 aliphatic carbocycles. The fourth-order valence-electron chi connectivity index (χ4n) is 1.64. The van der Waals surface area contributed by atoms with Crippen LogP contribution in [-0.2, 0) is 12.0 Å². The molecule has 2 rings (SSSR count). The number of nitrogens with one attached hydrogen (secondary N) is 1. The Kier molecular flexibility index (Phi) is 4.27. The monoisotopic (exact) mass is 372 g/mol. The van der Waals surface area contributed by atoms with E-state index >= 15 is 0 Å². The molecule has 0 bridgehead atoms. The van der Waals surface area contributed by atoms with Crippen LogP contribution in [0.1, 0.15) is 31.3 Å². The number of thiazole rings is 1. The highest BCUT2D eigenvalue weighted by Gasteiger charge is 2.12. The molecule has 2 nitrogen and oxygen atoms in total. The van der Waals surface area contributed by atoms with Crippen LogP contribution in [0.5, 0.6) is 0 Å². The van der Waals surface area contributed by atoms with Crippen molar-refractivity contribution in [3.05, 3.63) is 43.9 Å². The zero-order valence-corrected chi connectivity index (χ0v) is 13.8. The number of aromatic nitrogens is 1. The van der Waals surface area contributed by atoms with E-state index in [1.165, 1.54) is 8.45 Å². The highest BCUT2D eigenvalue weighted by molar-refractivity contribution is 14.1. The molecule has 0 fully saturated rings. The normalized spacial score (nSPS) is 11.6. The molecule has 0 atom stereocenters. The molecule has 0 saturated carbocycles. The van der Waals surface area contributed by atoms with Crippen LogP contribution >= 0.6 is 33.9 Å². The molecule has 1 aromatic heterocycles. The molecular weight excluding hydrogens is 355 g/mol. The smallest absolute Gasteiger partial charge is 0.113 e. The average molecular weight is 372 g/mol. The van der Waals surface area contributed by atoms with E-state index < -0.39 is 0 Å². The third-order valence-electron chi connectivity index (χ3n) is 2.72. The maximum Gasteiger partial charge on any atom is 0.113 e. The van der Waals surface area contributed by atoms with Crippen molar-refractivity contribution < 1.29 is 0 Å². The van der Waals surface area contributed by atoms with Gasteiger partial charge in [0.25, 0.3) is 0 Å². The van der Waals surface area contributed by atoms with E-state index in [4.69, 9.17) is 0 Å². The number of benzene rings is 1. The van der Waals surface area contributed by atoms with Crippen molar-refractivity contribution in [1.29, 1.82) is 0 Å². The Labute approximate surface area is 126 Å². The Bertz CT molecular complexity index is 511. The first-order valence-corrected chi connectivity index (χ1v) is 7.79. The Hall–Kier alpha value is -0.620. The summed E-state index contributed by atoms with van der Waals surface area (Å²) in [5, 5.41) is 4.52. The molecule has 0 aliphatic rings. The van der Waals surface area contributed by atoms with Crippen LogP contribution in [0.4, 0.5) is 5.69 Å². The van der Waals surface area contributed by atoms with Crippen LogP contribution in [0.15, 0.2) is 30.5 Å². The third kappa shape index (κ3) is 3.68. The predicted octanol–water partition coefficient (Wildman–Crippen LogP) is 4.66. The Morgan fingerprint density at radius 1 is 1.22 bits per heavy atom. The van der Waals surface area contributed by atoms with Gasteiger partial charge in [-0.25, -0.2) is 4.98 Å². The van der Waals surface area contributed by atoms with Gasteiger partial charge in [0.2, 0.25) is 0 Å². The molecule has 18 heavy (non-hydrogen) atoms. The van der Waals surface area contributed by atoms with Crippen molar-refractivity contribution >= 4 is 39.6 Å². The quantitative estimate of drug-likeness (QED) is 0.793. The van der Waals surface area contributed by atoms with Crippen molar-refractivity contribution in [2.75, 3.05) is 5.32 Å². The van der Waals surface area contributed by atoms with Gasteiger partial charge in [0, 0.05) is 5.69 Å². The molecule has 1 N–H and O–H groups in total.